The summed E-state index contributed by atoms with van der Waals surface area (Å²) in [6.07, 6.45) is 6.50. The number of anilines is 1. The number of carbonyl (C=O) groups excluding carboxylic acids is 1. The summed E-state index contributed by atoms with van der Waals surface area (Å²) >= 11 is 0. The third-order valence-electron chi connectivity index (χ3n) is 6.63. The highest BCUT2D eigenvalue weighted by molar-refractivity contribution is 5.90. The molecule has 4 aromatic rings. The van der Waals surface area contributed by atoms with Crippen LogP contribution in [0.5, 0.6) is 0 Å². The average Bonchev–Trinajstić information content (AvgIpc) is 3.36. The van der Waals surface area contributed by atoms with Crippen LogP contribution in [0.1, 0.15) is 30.2 Å². The first kappa shape index (κ1) is 28.5. The maximum atomic E-state index is 14.0. The van der Waals surface area contributed by atoms with Crippen molar-refractivity contribution in [1.29, 1.82) is 0 Å². The fraction of sp³-hybridized carbons (Fsp3) is 0.179. The van der Waals surface area contributed by atoms with Crippen LogP contribution in [0.25, 0.3) is 16.9 Å². The maximum absolute atomic E-state index is 14.0. The number of nitrogens with zero attached hydrogens (tertiary/aromatic N) is 5. The standard InChI is InChI=1S/C28H24F3N7O.ClH/c1-17-5-7-27(25(32)39,13-24(17)37-26-34-9-6-23(36-26)19-4-3-8-33-14-19)20-10-21(28(29,30)31)12-22(11-20)38-15-18(2)35-16-38;/h3-12,14-16H,13H2,1-2H3,(H2,32,39)(H,34,36,37);1H. The molecule has 1 aliphatic rings. The lowest BCUT2D eigenvalue weighted by molar-refractivity contribution is -0.137. The first-order valence-corrected chi connectivity index (χ1v) is 12.0. The number of hydrogen-bond acceptors (Lipinski definition) is 6. The van der Waals surface area contributed by atoms with Gasteiger partial charge in [-0.05, 0) is 61.4 Å². The second-order valence-corrected chi connectivity index (χ2v) is 9.33. The van der Waals surface area contributed by atoms with Gasteiger partial charge >= 0.3 is 6.18 Å². The van der Waals surface area contributed by atoms with Crippen molar-refractivity contribution in [2.24, 2.45) is 5.73 Å². The number of hydrogen-bond donors (Lipinski definition) is 2. The predicted octanol–water partition coefficient (Wildman–Crippen LogP) is 5.54. The number of rotatable bonds is 6. The van der Waals surface area contributed by atoms with Crippen LogP contribution in [0, 0.1) is 6.92 Å². The summed E-state index contributed by atoms with van der Waals surface area (Å²) in [5.74, 6) is -0.527. The first-order chi connectivity index (χ1) is 18.5. The predicted molar refractivity (Wildman–Crippen MR) is 147 cm³/mol. The van der Waals surface area contributed by atoms with Crippen molar-refractivity contribution < 1.29 is 18.0 Å². The summed E-state index contributed by atoms with van der Waals surface area (Å²) in [4.78, 5) is 30.1. The van der Waals surface area contributed by atoms with Crippen molar-refractivity contribution in [1.82, 2.24) is 24.5 Å². The lowest BCUT2D eigenvalue weighted by Crippen LogP contribution is -2.42. The minimum atomic E-state index is -4.65. The van der Waals surface area contributed by atoms with E-state index in [1.807, 2.05) is 13.0 Å². The van der Waals surface area contributed by atoms with Crippen molar-refractivity contribution in [3.8, 4) is 16.9 Å². The molecule has 3 N–H and O–H groups in total. The minimum absolute atomic E-state index is 0. The van der Waals surface area contributed by atoms with Crippen LogP contribution in [-0.4, -0.2) is 30.4 Å². The van der Waals surface area contributed by atoms with Gasteiger partial charge in [-0.25, -0.2) is 15.0 Å². The average molecular weight is 568 g/mol. The zero-order valence-corrected chi connectivity index (χ0v) is 22.3. The monoisotopic (exact) mass is 567 g/mol. The molecule has 0 aliphatic heterocycles. The van der Waals surface area contributed by atoms with E-state index in [0.717, 1.165) is 23.3 Å². The van der Waals surface area contributed by atoms with E-state index in [1.54, 1.807) is 56.0 Å². The van der Waals surface area contributed by atoms with Gasteiger partial charge in [-0.3, -0.25) is 9.78 Å². The lowest BCUT2D eigenvalue weighted by atomic mass is 9.72. The SMILES string of the molecule is CC1=C(Nc2nccc(-c3cccnc3)n2)CC(C(N)=O)(c2cc(-n3cnc(C)c3)cc(C(F)(F)F)c2)C=C1.Cl. The van der Waals surface area contributed by atoms with Crippen LogP contribution in [0.15, 0.2) is 90.9 Å². The largest absolute Gasteiger partial charge is 0.416 e. The van der Waals surface area contributed by atoms with Crippen molar-refractivity contribution in [3.05, 3.63) is 108 Å². The van der Waals surface area contributed by atoms with Crippen molar-refractivity contribution in [2.45, 2.75) is 31.9 Å². The summed E-state index contributed by atoms with van der Waals surface area (Å²) in [7, 11) is 0. The summed E-state index contributed by atoms with van der Waals surface area (Å²) < 4.78 is 43.4. The van der Waals surface area contributed by atoms with Crippen LogP contribution in [0.3, 0.4) is 0 Å². The summed E-state index contributed by atoms with van der Waals surface area (Å²) in [5, 5.41) is 3.16. The quantitative estimate of drug-likeness (QED) is 0.316. The molecular formula is C28H25ClF3N7O. The van der Waals surface area contributed by atoms with Crippen LogP contribution >= 0.6 is 12.4 Å². The Morgan fingerprint density at radius 2 is 1.93 bits per heavy atom. The molecule has 3 aromatic heterocycles. The second-order valence-electron chi connectivity index (χ2n) is 9.33. The third-order valence-corrected chi connectivity index (χ3v) is 6.63. The van der Waals surface area contributed by atoms with Gasteiger partial charge in [0, 0.05) is 48.2 Å². The van der Waals surface area contributed by atoms with Crippen molar-refractivity contribution >= 4 is 24.3 Å². The zero-order chi connectivity index (χ0) is 27.8. The molecule has 3 heterocycles. The van der Waals surface area contributed by atoms with E-state index in [9.17, 15) is 18.0 Å². The van der Waals surface area contributed by atoms with Gasteiger partial charge in [-0.15, -0.1) is 12.4 Å². The molecule has 12 heteroatoms. The van der Waals surface area contributed by atoms with E-state index in [1.165, 1.54) is 17.0 Å². The molecule has 0 saturated heterocycles. The number of benzene rings is 1. The van der Waals surface area contributed by atoms with Gasteiger partial charge in [0.1, 0.15) is 0 Å². The number of imidazole rings is 1. The number of aromatic nitrogens is 5. The molecule has 0 spiro atoms. The fourth-order valence-electron chi connectivity index (χ4n) is 4.47. The van der Waals surface area contributed by atoms with E-state index in [2.05, 4.69) is 25.3 Å². The number of alkyl halides is 3. The molecule has 1 amide bonds. The van der Waals surface area contributed by atoms with E-state index >= 15 is 0 Å². The Labute approximate surface area is 234 Å². The van der Waals surface area contributed by atoms with Gasteiger partial charge in [0.25, 0.3) is 0 Å². The number of amides is 1. The number of allylic oxidation sites excluding steroid dienone is 3. The molecule has 0 radical (unpaired) electrons. The molecule has 206 valence electrons. The van der Waals surface area contributed by atoms with Gasteiger partial charge < -0.3 is 15.6 Å². The molecule has 0 bridgehead atoms. The number of carbonyl (C=O) groups is 1. The number of nitrogens with one attached hydrogen (secondary N) is 1. The Morgan fingerprint density at radius 3 is 2.58 bits per heavy atom. The Morgan fingerprint density at radius 1 is 1.12 bits per heavy atom. The zero-order valence-electron chi connectivity index (χ0n) is 21.5. The van der Waals surface area contributed by atoms with E-state index < -0.39 is 23.1 Å². The van der Waals surface area contributed by atoms with E-state index in [-0.39, 0.29) is 36.0 Å². The molecule has 1 unspecified atom stereocenters. The smallest absolute Gasteiger partial charge is 0.369 e. The molecule has 40 heavy (non-hydrogen) atoms. The van der Waals surface area contributed by atoms with Gasteiger partial charge in [-0.1, -0.05) is 12.2 Å². The normalized spacial score (nSPS) is 16.9. The number of nitrogens with two attached hydrogens (primary N) is 1. The molecule has 0 saturated carbocycles. The summed E-state index contributed by atoms with van der Waals surface area (Å²) in [6.45, 7) is 3.55. The highest BCUT2D eigenvalue weighted by atomic mass is 35.5. The Hall–Kier alpha value is -4.51. The molecule has 1 aliphatic carbocycles. The third kappa shape index (κ3) is 5.59. The van der Waals surface area contributed by atoms with E-state index in [4.69, 9.17) is 5.73 Å². The Balaban J connectivity index is 0.00000370. The van der Waals surface area contributed by atoms with Crippen LogP contribution in [0.4, 0.5) is 19.1 Å². The van der Waals surface area contributed by atoms with Gasteiger partial charge in [0.2, 0.25) is 11.9 Å². The lowest BCUT2D eigenvalue weighted by Gasteiger charge is -2.33. The Bertz CT molecular complexity index is 1620. The number of primary amides is 1. The Kier molecular flexibility index (Phi) is 7.79. The molecular weight excluding hydrogens is 543 g/mol. The highest BCUT2D eigenvalue weighted by Crippen LogP contribution is 2.41. The number of pyridine rings is 1. The van der Waals surface area contributed by atoms with Crippen LogP contribution in [-0.2, 0) is 16.4 Å². The van der Waals surface area contributed by atoms with E-state index in [0.29, 0.717) is 17.1 Å². The van der Waals surface area contributed by atoms with Crippen LogP contribution < -0.4 is 11.1 Å². The maximum Gasteiger partial charge on any atom is 0.416 e. The molecule has 1 atom stereocenters. The fourth-order valence-corrected chi connectivity index (χ4v) is 4.47. The topological polar surface area (TPSA) is 112 Å². The second kappa shape index (κ2) is 10.9. The summed E-state index contributed by atoms with van der Waals surface area (Å²) in [5.41, 5.74) is 7.14. The first-order valence-electron chi connectivity index (χ1n) is 12.0. The van der Waals surface area contributed by atoms with Gasteiger partial charge in [-0.2, -0.15) is 13.2 Å². The molecule has 1 aromatic carbocycles. The van der Waals surface area contributed by atoms with Crippen molar-refractivity contribution in [3.63, 3.8) is 0 Å². The highest BCUT2D eigenvalue weighted by Gasteiger charge is 2.42. The minimum Gasteiger partial charge on any atom is -0.369 e. The number of aryl methyl sites for hydroxylation is 1. The summed E-state index contributed by atoms with van der Waals surface area (Å²) in [6, 6.07) is 8.91. The van der Waals surface area contributed by atoms with Gasteiger partial charge in [0.05, 0.1) is 28.7 Å². The number of halogens is 4. The van der Waals surface area contributed by atoms with Crippen molar-refractivity contribution in [2.75, 3.05) is 5.32 Å². The molecule has 5 rings (SSSR count). The molecule has 0 fully saturated rings. The molecule has 8 nitrogen and oxygen atoms in total. The van der Waals surface area contributed by atoms with Gasteiger partial charge in [0.15, 0.2) is 0 Å². The van der Waals surface area contributed by atoms with Crippen LogP contribution in [0.2, 0.25) is 0 Å².